The van der Waals surface area contributed by atoms with Crippen molar-refractivity contribution in [2.75, 3.05) is 0 Å². The van der Waals surface area contributed by atoms with Gasteiger partial charge in [-0.05, 0) is 66.6 Å². The number of fused-ring (bicyclic) bond motifs is 2. The molecule has 2 aromatic carbocycles. The monoisotopic (exact) mass is 401 g/mol. The van der Waals surface area contributed by atoms with E-state index in [0.717, 1.165) is 11.1 Å². The van der Waals surface area contributed by atoms with E-state index >= 15 is 0 Å². The molecule has 0 unspecified atom stereocenters. The lowest BCUT2D eigenvalue weighted by Gasteiger charge is -2.07. The number of hydrogen-bond donors (Lipinski definition) is 0. The van der Waals surface area contributed by atoms with E-state index in [9.17, 15) is 19.1 Å². The van der Waals surface area contributed by atoms with E-state index < -0.39 is 5.97 Å². The van der Waals surface area contributed by atoms with Crippen LogP contribution in [0.2, 0.25) is 0 Å². The first-order valence-corrected chi connectivity index (χ1v) is 9.32. The Labute approximate surface area is 169 Å². The SMILES string of the molecule is O=C([O-])c1ccc2c(=O)n3c(nc2c1)/C(=C/c1ccc(-c2ccc(F)cc2)o1)CC3. The van der Waals surface area contributed by atoms with Crippen LogP contribution < -0.4 is 10.7 Å². The first kappa shape index (κ1) is 18.1. The van der Waals surface area contributed by atoms with Gasteiger partial charge in [0.25, 0.3) is 5.56 Å². The molecule has 0 atom stereocenters. The number of rotatable bonds is 3. The Morgan fingerprint density at radius 1 is 1.13 bits per heavy atom. The highest BCUT2D eigenvalue weighted by atomic mass is 19.1. The van der Waals surface area contributed by atoms with Crippen LogP contribution in [0.3, 0.4) is 0 Å². The number of benzene rings is 2. The molecule has 0 aliphatic carbocycles. The number of carboxylic acid groups (broad SMARTS) is 1. The van der Waals surface area contributed by atoms with Gasteiger partial charge in [-0.15, -0.1) is 0 Å². The number of carbonyl (C=O) groups is 1. The summed E-state index contributed by atoms with van der Waals surface area (Å²) >= 11 is 0. The van der Waals surface area contributed by atoms with Crippen molar-refractivity contribution in [2.24, 2.45) is 0 Å². The molecule has 1 aliphatic heterocycles. The van der Waals surface area contributed by atoms with Gasteiger partial charge in [-0.3, -0.25) is 9.36 Å². The van der Waals surface area contributed by atoms with Crippen LogP contribution >= 0.6 is 0 Å². The van der Waals surface area contributed by atoms with E-state index in [4.69, 9.17) is 4.42 Å². The van der Waals surface area contributed by atoms with Gasteiger partial charge in [-0.1, -0.05) is 6.07 Å². The zero-order valence-corrected chi connectivity index (χ0v) is 15.6. The molecule has 0 fully saturated rings. The maximum absolute atomic E-state index is 13.1. The lowest BCUT2D eigenvalue weighted by atomic mass is 10.1. The predicted molar refractivity (Wildman–Crippen MR) is 107 cm³/mol. The smallest absolute Gasteiger partial charge is 0.261 e. The second-order valence-electron chi connectivity index (χ2n) is 7.04. The zero-order valence-electron chi connectivity index (χ0n) is 15.6. The summed E-state index contributed by atoms with van der Waals surface area (Å²) in [5, 5.41) is 11.5. The first-order valence-electron chi connectivity index (χ1n) is 9.32. The Morgan fingerprint density at radius 2 is 1.93 bits per heavy atom. The Bertz CT molecular complexity index is 1400. The van der Waals surface area contributed by atoms with Gasteiger partial charge in [0.05, 0.1) is 16.9 Å². The average Bonchev–Trinajstić information content (AvgIpc) is 3.36. The molecule has 7 heteroatoms. The lowest BCUT2D eigenvalue weighted by Crippen LogP contribution is -2.23. The third-order valence-electron chi connectivity index (χ3n) is 5.15. The highest BCUT2D eigenvalue weighted by Gasteiger charge is 2.21. The van der Waals surface area contributed by atoms with Crippen LogP contribution in [-0.4, -0.2) is 15.5 Å². The minimum Gasteiger partial charge on any atom is -0.545 e. The molecule has 148 valence electrons. The summed E-state index contributed by atoms with van der Waals surface area (Å²) in [6.07, 6.45) is 2.41. The summed E-state index contributed by atoms with van der Waals surface area (Å²) in [6, 6.07) is 13.8. The number of carbonyl (C=O) groups excluding carboxylic acids is 1. The topological polar surface area (TPSA) is 88.2 Å². The van der Waals surface area contributed by atoms with Crippen LogP contribution in [0.1, 0.15) is 28.4 Å². The minimum atomic E-state index is -1.32. The number of halogens is 1. The molecule has 5 rings (SSSR count). The maximum Gasteiger partial charge on any atom is 0.261 e. The van der Waals surface area contributed by atoms with Gasteiger partial charge in [-0.2, -0.15) is 0 Å². The molecule has 4 aromatic rings. The van der Waals surface area contributed by atoms with Crippen molar-refractivity contribution in [3.63, 3.8) is 0 Å². The van der Waals surface area contributed by atoms with E-state index in [-0.39, 0.29) is 16.9 Å². The third kappa shape index (κ3) is 3.00. The highest BCUT2D eigenvalue weighted by Crippen LogP contribution is 2.30. The quantitative estimate of drug-likeness (QED) is 0.526. The Hall–Kier alpha value is -4.00. The van der Waals surface area contributed by atoms with Crippen molar-refractivity contribution in [3.8, 4) is 11.3 Å². The molecule has 0 radical (unpaired) electrons. The van der Waals surface area contributed by atoms with Gasteiger partial charge in [0.1, 0.15) is 23.2 Å². The van der Waals surface area contributed by atoms with Crippen LogP contribution in [0.5, 0.6) is 0 Å². The number of aromatic carboxylic acids is 1. The summed E-state index contributed by atoms with van der Waals surface area (Å²) in [7, 11) is 0. The molecule has 30 heavy (non-hydrogen) atoms. The van der Waals surface area contributed by atoms with Gasteiger partial charge in [0, 0.05) is 17.7 Å². The largest absolute Gasteiger partial charge is 0.545 e. The van der Waals surface area contributed by atoms with Crippen LogP contribution in [0.15, 0.2) is 63.8 Å². The molecular weight excluding hydrogens is 387 g/mol. The number of nitrogens with zero attached hydrogens (tertiary/aromatic N) is 2. The summed E-state index contributed by atoms with van der Waals surface area (Å²) in [4.78, 5) is 28.5. The fraction of sp³-hybridized carbons (Fsp3) is 0.0870. The fourth-order valence-corrected chi connectivity index (χ4v) is 3.65. The number of allylic oxidation sites excluding steroid dienone is 1. The number of aromatic nitrogens is 2. The van der Waals surface area contributed by atoms with E-state index in [0.29, 0.717) is 41.2 Å². The molecule has 0 N–H and O–H groups in total. The third-order valence-corrected chi connectivity index (χ3v) is 5.15. The summed E-state index contributed by atoms with van der Waals surface area (Å²) in [6.45, 7) is 0.483. The van der Waals surface area contributed by atoms with Crippen LogP contribution in [0.25, 0.3) is 33.9 Å². The Morgan fingerprint density at radius 3 is 2.70 bits per heavy atom. The van der Waals surface area contributed by atoms with Crippen LogP contribution in [0, 0.1) is 5.82 Å². The van der Waals surface area contributed by atoms with E-state index in [1.54, 1.807) is 28.8 Å². The number of carboxylic acids is 1. The second kappa shape index (κ2) is 6.81. The van der Waals surface area contributed by atoms with Gasteiger partial charge < -0.3 is 14.3 Å². The van der Waals surface area contributed by atoms with Crippen molar-refractivity contribution < 1.29 is 18.7 Å². The van der Waals surface area contributed by atoms with Crippen molar-refractivity contribution in [2.45, 2.75) is 13.0 Å². The van der Waals surface area contributed by atoms with Crippen molar-refractivity contribution in [3.05, 3.63) is 87.9 Å². The summed E-state index contributed by atoms with van der Waals surface area (Å²) in [5.74, 6) is 0.0282. The normalized spacial score (nSPS) is 14.4. The molecule has 6 nitrogen and oxygen atoms in total. The standard InChI is InChI=1S/C23H15FN2O4/c24-16-4-1-13(2-5-16)20-8-6-17(30-20)11-14-9-10-26-21(14)25-19-12-15(23(28)29)3-7-18(19)22(26)27/h1-8,11-12H,9-10H2,(H,28,29)/p-1/b14-11+. The van der Waals surface area contributed by atoms with Gasteiger partial charge in [0.2, 0.25) is 0 Å². The minimum absolute atomic E-state index is 0.0298. The average molecular weight is 401 g/mol. The molecule has 0 amide bonds. The molecule has 3 heterocycles. The number of hydrogen-bond acceptors (Lipinski definition) is 5. The molecule has 0 spiro atoms. The first-order chi connectivity index (χ1) is 14.5. The highest BCUT2D eigenvalue weighted by molar-refractivity contribution is 5.92. The molecule has 0 saturated carbocycles. The van der Waals surface area contributed by atoms with E-state index in [1.807, 2.05) is 6.08 Å². The van der Waals surface area contributed by atoms with Crippen molar-refractivity contribution in [1.82, 2.24) is 9.55 Å². The zero-order chi connectivity index (χ0) is 20.8. The van der Waals surface area contributed by atoms with E-state index in [2.05, 4.69) is 4.98 Å². The lowest BCUT2D eigenvalue weighted by molar-refractivity contribution is -0.255. The van der Waals surface area contributed by atoms with Crippen molar-refractivity contribution in [1.29, 1.82) is 0 Å². The molecule has 0 bridgehead atoms. The van der Waals surface area contributed by atoms with Gasteiger partial charge in [-0.25, -0.2) is 9.37 Å². The molecule has 2 aromatic heterocycles. The summed E-state index contributed by atoms with van der Waals surface area (Å²) in [5.41, 5.74) is 1.63. The van der Waals surface area contributed by atoms with Gasteiger partial charge in [0.15, 0.2) is 0 Å². The molecular formula is C23H14FN2O4-. The maximum atomic E-state index is 13.1. The Balaban J connectivity index is 1.56. The molecule has 0 saturated heterocycles. The van der Waals surface area contributed by atoms with E-state index in [1.165, 1.54) is 30.3 Å². The molecule has 1 aliphatic rings. The summed E-state index contributed by atoms with van der Waals surface area (Å²) < 4.78 is 20.6. The number of furan rings is 1. The van der Waals surface area contributed by atoms with Gasteiger partial charge >= 0.3 is 0 Å². The van der Waals surface area contributed by atoms with Crippen LogP contribution in [0.4, 0.5) is 4.39 Å². The fourth-order valence-electron chi connectivity index (χ4n) is 3.65. The second-order valence-corrected chi connectivity index (χ2v) is 7.04. The van der Waals surface area contributed by atoms with Crippen molar-refractivity contribution >= 4 is 28.5 Å². The Kier molecular flexibility index (Phi) is 4.10. The van der Waals surface area contributed by atoms with Crippen LogP contribution in [-0.2, 0) is 6.54 Å². The predicted octanol–water partition coefficient (Wildman–Crippen LogP) is 3.10.